The molecule has 23 heavy (non-hydrogen) atoms. The van der Waals surface area contributed by atoms with Crippen LogP contribution in [0.25, 0.3) is 0 Å². The van der Waals surface area contributed by atoms with Crippen molar-refractivity contribution in [3.05, 3.63) is 35.6 Å². The average Bonchev–Trinajstić information content (AvgIpc) is 3.38. The van der Waals surface area contributed by atoms with Crippen molar-refractivity contribution in [1.82, 2.24) is 9.80 Å². The Morgan fingerprint density at radius 2 is 1.83 bits per heavy atom. The number of nitrogens with zero attached hydrogens (tertiary/aromatic N) is 2. The number of amides is 1. The minimum absolute atomic E-state index is 0.171. The summed E-state index contributed by atoms with van der Waals surface area (Å²) in [6, 6.07) is 6.56. The predicted octanol–water partition coefficient (Wildman–Crippen LogP) is 1.77. The molecule has 1 unspecified atom stereocenters. The number of hydrogen-bond acceptors (Lipinski definition) is 3. The van der Waals surface area contributed by atoms with Crippen LogP contribution in [0.15, 0.2) is 24.3 Å². The fourth-order valence-corrected chi connectivity index (χ4v) is 3.62. The van der Waals surface area contributed by atoms with Gasteiger partial charge in [-0.05, 0) is 37.0 Å². The highest BCUT2D eigenvalue weighted by Crippen LogP contribution is 2.49. The van der Waals surface area contributed by atoms with Crippen molar-refractivity contribution in [3.63, 3.8) is 0 Å². The minimum Gasteiger partial charge on any atom is -0.395 e. The maximum Gasteiger partial charge on any atom is 0.233 e. The number of piperazine rings is 1. The van der Waals surface area contributed by atoms with E-state index in [9.17, 15) is 14.3 Å². The third kappa shape index (κ3) is 3.12. The Balaban J connectivity index is 1.64. The van der Waals surface area contributed by atoms with Gasteiger partial charge in [-0.1, -0.05) is 19.1 Å². The first kappa shape index (κ1) is 16.4. The molecule has 4 nitrogen and oxygen atoms in total. The summed E-state index contributed by atoms with van der Waals surface area (Å²) in [5, 5.41) is 9.41. The van der Waals surface area contributed by atoms with E-state index in [-0.39, 0.29) is 24.4 Å². The summed E-state index contributed by atoms with van der Waals surface area (Å²) < 4.78 is 13.1. The Hall–Kier alpha value is -1.46. The van der Waals surface area contributed by atoms with Crippen molar-refractivity contribution < 1.29 is 14.3 Å². The van der Waals surface area contributed by atoms with E-state index in [1.807, 2.05) is 4.90 Å². The third-order valence-electron chi connectivity index (χ3n) is 5.36. The third-order valence-corrected chi connectivity index (χ3v) is 5.36. The summed E-state index contributed by atoms with van der Waals surface area (Å²) in [5.74, 6) is -0.0824. The zero-order chi connectivity index (χ0) is 16.4. The van der Waals surface area contributed by atoms with Crippen LogP contribution in [0.3, 0.4) is 0 Å². The molecule has 1 aromatic carbocycles. The summed E-state index contributed by atoms with van der Waals surface area (Å²) in [6.45, 7) is 5.28. The molecule has 1 saturated carbocycles. The molecule has 2 fully saturated rings. The molecular weight excluding hydrogens is 295 g/mol. The molecule has 1 amide bonds. The standard InChI is InChI=1S/C18H25FN2O2/c1-2-16(13-22)20-9-11-21(12-10-20)17(23)18(7-8-18)14-3-5-15(19)6-4-14/h3-6,16,22H,2,7-13H2,1H3. The lowest BCUT2D eigenvalue weighted by Gasteiger charge is -2.39. The molecule has 2 aliphatic rings. The lowest BCUT2D eigenvalue weighted by Crippen LogP contribution is -2.54. The van der Waals surface area contributed by atoms with E-state index in [0.717, 1.165) is 37.9 Å². The maximum atomic E-state index is 13.1. The first-order valence-corrected chi connectivity index (χ1v) is 8.51. The van der Waals surface area contributed by atoms with Gasteiger partial charge < -0.3 is 10.0 Å². The van der Waals surface area contributed by atoms with Crippen molar-refractivity contribution in [2.75, 3.05) is 32.8 Å². The highest BCUT2D eigenvalue weighted by atomic mass is 19.1. The number of benzene rings is 1. The monoisotopic (exact) mass is 320 g/mol. The molecule has 1 saturated heterocycles. The lowest BCUT2D eigenvalue weighted by molar-refractivity contribution is -0.136. The zero-order valence-electron chi connectivity index (χ0n) is 13.7. The Kier molecular flexibility index (Phi) is 4.69. The normalized spacial score (nSPS) is 22.0. The second-order valence-electron chi connectivity index (χ2n) is 6.66. The van der Waals surface area contributed by atoms with Gasteiger partial charge in [-0.25, -0.2) is 4.39 Å². The number of halogens is 1. The van der Waals surface area contributed by atoms with Crippen molar-refractivity contribution in [1.29, 1.82) is 0 Å². The Morgan fingerprint density at radius 3 is 2.30 bits per heavy atom. The van der Waals surface area contributed by atoms with Gasteiger partial charge in [-0.3, -0.25) is 9.69 Å². The number of rotatable bonds is 5. The van der Waals surface area contributed by atoms with Gasteiger partial charge in [0.05, 0.1) is 12.0 Å². The van der Waals surface area contributed by atoms with Crippen LogP contribution in [-0.2, 0) is 10.2 Å². The molecule has 0 spiro atoms. The molecule has 1 atom stereocenters. The van der Waals surface area contributed by atoms with Crippen molar-refractivity contribution in [3.8, 4) is 0 Å². The molecule has 1 heterocycles. The molecule has 0 bridgehead atoms. The zero-order valence-corrected chi connectivity index (χ0v) is 13.7. The molecule has 1 aliphatic heterocycles. The molecular formula is C18H25FN2O2. The summed E-state index contributed by atoms with van der Waals surface area (Å²) in [5.41, 5.74) is 0.518. The molecule has 0 radical (unpaired) electrons. The van der Waals surface area contributed by atoms with E-state index in [1.165, 1.54) is 12.1 Å². The predicted molar refractivity (Wildman–Crippen MR) is 86.6 cm³/mol. The van der Waals surface area contributed by atoms with Gasteiger partial charge in [-0.2, -0.15) is 0 Å². The molecule has 0 aromatic heterocycles. The molecule has 1 N–H and O–H groups in total. The summed E-state index contributed by atoms with van der Waals surface area (Å²) >= 11 is 0. The van der Waals surface area contributed by atoms with Crippen LogP contribution in [0.5, 0.6) is 0 Å². The van der Waals surface area contributed by atoms with Crippen LogP contribution in [0.1, 0.15) is 31.7 Å². The smallest absolute Gasteiger partial charge is 0.233 e. The van der Waals surface area contributed by atoms with Gasteiger partial charge in [0, 0.05) is 32.2 Å². The van der Waals surface area contributed by atoms with Gasteiger partial charge in [0.15, 0.2) is 0 Å². The van der Waals surface area contributed by atoms with Gasteiger partial charge in [0.25, 0.3) is 0 Å². The highest BCUT2D eigenvalue weighted by molar-refractivity contribution is 5.91. The lowest BCUT2D eigenvalue weighted by atomic mass is 9.94. The number of hydrogen-bond donors (Lipinski definition) is 1. The van der Waals surface area contributed by atoms with Gasteiger partial charge in [-0.15, -0.1) is 0 Å². The quantitative estimate of drug-likeness (QED) is 0.899. The van der Waals surface area contributed by atoms with E-state index < -0.39 is 5.41 Å². The number of aliphatic hydroxyl groups excluding tert-OH is 1. The summed E-state index contributed by atoms with van der Waals surface area (Å²) in [6.07, 6.45) is 2.63. The van der Waals surface area contributed by atoms with E-state index >= 15 is 0 Å². The minimum atomic E-state index is -0.420. The maximum absolute atomic E-state index is 13.1. The number of aliphatic hydroxyl groups is 1. The van der Waals surface area contributed by atoms with E-state index in [0.29, 0.717) is 13.1 Å². The van der Waals surface area contributed by atoms with Crippen molar-refractivity contribution in [2.45, 2.75) is 37.6 Å². The molecule has 3 rings (SSSR count). The van der Waals surface area contributed by atoms with Crippen LogP contribution in [0.4, 0.5) is 4.39 Å². The molecule has 1 aromatic rings. The Bertz CT molecular complexity index is 545. The Morgan fingerprint density at radius 1 is 1.22 bits per heavy atom. The molecule has 126 valence electrons. The Labute approximate surface area is 136 Å². The molecule has 5 heteroatoms. The van der Waals surface area contributed by atoms with Crippen LogP contribution in [-0.4, -0.2) is 59.6 Å². The highest BCUT2D eigenvalue weighted by Gasteiger charge is 2.53. The fourth-order valence-electron chi connectivity index (χ4n) is 3.62. The topological polar surface area (TPSA) is 43.8 Å². The van der Waals surface area contributed by atoms with Crippen molar-refractivity contribution >= 4 is 5.91 Å². The SMILES string of the molecule is CCC(CO)N1CCN(C(=O)C2(c3ccc(F)cc3)CC2)CC1. The number of carbonyl (C=O) groups is 1. The largest absolute Gasteiger partial charge is 0.395 e. The summed E-state index contributed by atoms with van der Waals surface area (Å²) in [4.78, 5) is 17.2. The van der Waals surface area contributed by atoms with Crippen LogP contribution in [0, 0.1) is 5.82 Å². The average molecular weight is 320 g/mol. The second-order valence-corrected chi connectivity index (χ2v) is 6.66. The number of carbonyl (C=O) groups excluding carboxylic acids is 1. The molecule has 1 aliphatic carbocycles. The first-order valence-electron chi connectivity index (χ1n) is 8.51. The van der Waals surface area contributed by atoms with Crippen molar-refractivity contribution in [2.24, 2.45) is 0 Å². The van der Waals surface area contributed by atoms with E-state index in [2.05, 4.69) is 11.8 Å². The first-order chi connectivity index (χ1) is 11.1. The van der Waals surface area contributed by atoms with Gasteiger partial charge in [0.2, 0.25) is 5.91 Å². The van der Waals surface area contributed by atoms with Crippen LogP contribution < -0.4 is 0 Å². The van der Waals surface area contributed by atoms with Crippen LogP contribution >= 0.6 is 0 Å². The van der Waals surface area contributed by atoms with E-state index in [4.69, 9.17) is 0 Å². The van der Waals surface area contributed by atoms with Gasteiger partial charge in [0.1, 0.15) is 5.82 Å². The van der Waals surface area contributed by atoms with Crippen LogP contribution in [0.2, 0.25) is 0 Å². The van der Waals surface area contributed by atoms with Gasteiger partial charge >= 0.3 is 0 Å². The van der Waals surface area contributed by atoms with E-state index in [1.54, 1.807) is 12.1 Å². The second kappa shape index (κ2) is 6.57. The summed E-state index contributed by atoms with van der Waals surface area (Å²) in [7, 11) is 0. The fraction of sp³-hybridized carbons (Fsp3) is 0.611.